The number of benzene rings is 2. The number of hydrazone groups is 1. The first kappa shape index (κ1) is 40.5. The molecule has 6 unspecified atom stereocenters. The van der Waals surface area contributed by atoms with Gasteiger partial charge >= 0.3 is 11.8 Å². The van der Waals surface area contributed by atoms with Crippen LogP contribution in [0.2, 0.25) is 0 Å². The number of amides is 1. The summed E-state index contributed by atoms with van der Waals surface area (Å²) in [6.45, 7) is 18.6. The molecule has 0 saturated carbocycles. The molecule has 54 heavy (non-hydrogen) atoms. The maximum absolute atomic E-state index is 14.3. The number of esters is 1. The highest BCUT2D eigenvalue weighted by molar-refractivity contribution is 6.19. The Morgan fingerprint density at radius 2 is 1.76 bits per heavy atom. The van der Waals surface area contributed by atoms with Gasteiger partial charge in [-0.05, 0) is 82.0 Å². The number of nitrogens with one attached hydrogen (secondary N) is 1. The van der Waals surface area contributed by atoms with Gasteiger partial charge in [-0.2, -0.15) is 5.10 Å². The van der Waals surface area contributed by atoms with Crippen molar-refractivity contribution < 1.29 is 33.3 Å². The number of ketones is 1. The molecule has 11 nitrogen and oxygen atoms in total. The SMILES string of the molecule is COc1c(C)c2c3c4cc(/C=N/N5CCN(C)CC5)c(cc14)NC(=O)/C(C)=C/C=C/C(C)CC(C)CC(C)C(OC(C)=O)C(C)C/C=C\OC(C)(O2)C3=O. The van der Waals surface area contributed by atoms with Crippen molar-refractivity contribution in [3.8, 4) is 11.5 Å². The van der Waals surface area contributed by atoms with Crippen molar-refractivity contribution in [3.05, 3.63) is 65.0 Å². The van der Waals surface area contributed by atoms with Crippen LogP contribution in [0.5, 0.6) is 11.5 Å². The second-order valence-electron chi connectivity index (χ2n) is 15.7. The number of carbonyl (C=O) groups is 3. The van der Waals surface area contributed by atoms with Crippen molar-refractivity contribution in [2.24, 2.45) is 28.8 Å². The lowest BCUT2D eigenvalue weighted by Crippen LogP contribution is -2.41. The highest BCUT2D eigenvalue weighted by Crippen LogP contribution is 2.48. The average molecular weight is 743 g/mol. The van der Waals surface area contributed by atoms with Crippen LogP contribution in [0.4, 0.5) is 5.69 Å². The monoisotopic (exact) mass is 742 g/mol. The number of Topliss-reactive ketones (excluding diaryl/α,β-unsaturated/α-hetero) is 1. The molecule has 1 amide bonds. The molecule has 4 aliphatic rings. The lowest BCUT2D eigenvalue weighted by Gasteiger charge is -2.30. The number of carbonyl (C=O) groups excluding carboxylic acids is 3. The molecule has 4 aliphatic heterocycles. The predicted molar refractivity (Wildman–Crippen MR) is 213 cm³/mol. The number of ether oxygens (including phenoxy) is 4. The topological polar surface area (TPSA) is 119 Å². The number of hydrogen-bond donors (Lipinski definition) is 1. The Bertz CT molecular complexity index is 1860. The number of nitrogens with zero attached hydrogens (tertiary/aromatic N) is 3. The smallest absolute Gasteiger partial charge is 0.312 e. The second-order valence-corrected chi connectivity index (χ2v) is 15.7. The van der Waals surface area contributed by atoms with Crippen LogP contribution in [0.25, 0.3) is 10.8 Å². The van der Waals surface area contributed by atoms with Gasteiger partial charge in [0.2, 0.25) is 0 Å². The van der Waals surface area contributed by atoms with E-state index in [0.29, 0.717) is 62.6 Å². The van der Waals surface area contributed by atoms with Crippen molar-refractivity contribution in [3.63, 3.8) is 0 Å². The van der Waals surface area contributed by atoms with Gasteiger partial charge < -0.3 is 29.2 Å². The number of hydrogen-bond acceptors (Lipinski definition) is 10. The summed E-state index contributed by atoms with van der Waals surface area (Å²) >= 11 is 0. The summed E-state index contributed by atoms with van der Waals surface area (Å²) in [5, 5.41) is 11.2. The lowest BCUT2D eigenvalue weighted by molar-refractivity contribution is -0.152. The zero-order chi connectivity index (χ0) is 39.3. The van der Waals surface area contributed by atoms with E-state index in [4.69, 9.17) is 24.0 Å². The molecule has 1 fully saturated rings. The van der Waals surface area contributed by atoms with E-state index < -0.39 is 5.79 Å². The number of rotatable bonds is 4. The van der Waals surface area contributed by atoms with Gasteiger partial charge in [0.15, 0.2) is 0 Å². The molecule has 6 atom stereocenters. The van der Waals surface area contributed by atoms with Crippen LogP contribution >= 0.6 is 0 Å². The molecular weight excluding hydrogens is 684 g/mol. The lowest BCUT2D eigenvalue weighted by atomic mass is 9.82. The largest absolute Gasteiger partial charge is 0.496 e. The first-order valence-corrected chi connectivity index (χ1v) is 19.2. The summed E-state index contributed by atoms with van der Waals surface area (Å²) in [4.78, 5) is 42.5. The fourth-order valence-electron chi connectivity index (χ4n) is 7.89. The molecule has 2 aromatic carbocycles. The Morgan fingerprint density at radius 3 is 2.44 bits per heavy atom. The third-order valence-corrected chi connectivity index (χ3v) is 10.9. The van der Waals surface area contributed by atoms with E-state index in [1.54, 1.807) is 27.2 Å². The van der Waals surface area contributed by atoms with Crippen molar-refractivity contribution in [2.75, 3.05) is 45.7 Å². The van der Waals surface area contributed by atoms with E-state index in [-0.39, 0.29) is 41.5 Å². The summed E-state index contributed by atoms with van der Waals surface area (Å²) in [5.74, 6) is -0.859. The van der Waals surface area contributed by atoms with Gasteiger partial charge in [0, 0.05) is 67.5 Å². The maximum Gasteiger partial charge on any atom is 0.312 e. The van der Waals surface area contributed by atoms with E-state index in [0.717, 1.165) is 39.0 Å². The van der Waals surface area contributed by atoms with Crippen LogP contribution in [0, 0.1) is 30.6 Å². The third-order valence-electron chi connectivity index (χ3n) is 10.9. The zero-order valence-electron chi connectivity index (χ0n) is 33.7. The predicted octanol–water partition coefficient (Wildman–Crippen LogP) is 7.66. The van der Waals surface area contributed by atoms with E-state index in [9.17, 15) is 14.4 Å². The molecule has 0 aromatic heterocycles. The Labute approximate surface area is 320 Å². The zero-order valence-corrected chi connectivity index (χ0v) is 33.7. The maximum atomic E-state index is 14.3. The van der Waals surface area contributed by atoms with Crippen molar-refractivity contribution in [2.45, 2.75) is 86.5 Å². The van der Waals surface area contributed by atoms with Gasteiger partial charge in [-0.3, -0.25) is 19.4 Å². The Balaban J connectivity index is 1.60. The Hall–Kier alpha value is -4.64. The molecular formula is C43H58N4O7. The molecule has 1 saturated heterocycles. The van der Waals surface area contributed by atoms with Gasteiger partial charge in [0.05, 0.1) is 30.8 Å². The third kappa shape index (κ3) is 9.17. The van der Waals surface area contributed by atoms with Crippen LogP contribution in [0.3, 0.4) is 0 Å². The summed E-state index contributed by atoms with van der Waals surface area (Å²) in [6.07, 6.45) is 13.1. The number of methoxy groups -OCH3 is 1. The number of likely N-dealkylation sites (N-methyl/N-ethyl adjacent to an activating group) is 1. The number of piperazine rings is 1. The van der Waals surface area contributed by atoms with E-state index in [1.807, 2.05) is 42.3 Å². The van der Waals surface area contributed by atoms with E-state index in [2.05, 4.69) is 51.0 Å². The standard InChI is InChI=1S/C43H58N4O7/c1-26-13-11-14-29(4)42(50)45-36-24-35-34(23-33(36)25-44-47-18-16-46(9)17-19-47)37-40(31(6)39(35)51-10)54-43(8,41(37)49)52-20-12-15-28(3)38(53-32(7)48)30(5)22-27(2)21-26/h11-14,20,23-28,30,38H,15-19,21-22H2,1-10H3,(H,45,50)/b13-11+,20-12-,29-14+,44-25+. The molecule has 5 bridgehead atoms. The van der Waals surface area contributed by atoms with E-state index >= 15 is 0 Å². The summed E-state index contributed by atoms with van der Waals surface area (Å²) < 4.78 is 24.3. The fraction of sp³-hybridized carbons (Fsp3) is 0.535. The molecule has 11 heteroatoms. The van der Waals surface area contributed by atoms with Crippen LogP contribution < -0.4 is 14.8 Å². The molecule has 0 radical (unpaired) electrons. The van der Waals surface area contributed by atoms with Gasteiger partial charge in [-0.1, -0.05) is 45.9 Å². The normalized spacial score (nSPS) is 29.7. The number of allylic oxidation sites excluding steroid dienone is 4. The molecule has 0 spiro atoms. The van der Waals surface area contributed by atoms with E-state index in [1.165, 1.54) is 13.2 Å². The fourth-order valence-corrected chi connectivity index (χ4v) is 7.89. The second kappa shape index (κ2) is 17.2. The van der Waals surface area contributed by atoms with Crippen LogP contribution in [-0.4, -0.2) is 86.0 Å². The molecule has 1 N–H and O–H groups in total. The minimum atomic E-state index is -1.63. The van der Waals surface area contributed by atoms with Gasteiger partial charge in [-0.25, -0.2) is 0 Å². The van der Waals surface area contributed by atoms with Crippen molar-refractivity contribution in [1.82, 2.24) is 9.91 Å². The number of anilines is 1. The quantitative estimate of drug-likeness (QED) is 0.249. The highest BCUT2D eigenvalue weighted by atomic mass is 16.7. The van der Waals surface area contributed by atoms with Crippen molar-refractivity contribution in [1.29, 1.82) is 0 Å². The van der Waals surface area contributed by atoms with Crippen LogP contribution in [-0.2, 0) is 19.1 Å². The highest BCUT2D eigenvalue weighted by Gasteiger charge is 2.48. The average Bonchev–Trinajstić information content (AvgIpc) is 3.38. The first-order chi connectivity index (χ1) is 25.6. The molecule has 6 rings (SSSR count). The van der Waals surface area contributed by atoms with Gasteiger partial charge in [-0.15, -0.1) is 0 Å². The summed E-state index contributed by atoms with van der Waals surface area (Å²) in [7, 11) is 3.67. The molecule has 2 aromatic rings. The van der Waals surface area contributed by atoms with Crippen molar-refractivity contribution >= 4 is 40.3 Å². The molecule has 0 aliphatic carbocycles. The summed E-state index contributed by atoms with van der Waals surface area (Å²) in [5.41, 5.74) is 2.73. The van der Waals surface area contributed by atoms with Gasteiger partial charge in [0.1, 0.15) is 17.6 Å². The van der Waals surface area contributed by atoms with Crippen LogP contribution in [0.15, 0.2) is 53.4 Å². The first-order valence-electron chi connectivity index (χ1n) is 19.2. The minimum absolute atomic E-state index is 0.00107. The Morgan fingerprint density at radius 1 is 1.04 bits per heavy atom. The molecule has 292 valence electrons. The number of fused-ring (bicyclic) bond motifs is 14. The summed E-state index contributed by atoms with van der Waals surface area (Å²) in [6, 6.07) is 3.72. The van der Waals surface area contributed by atoms with Crippen LogP contribution in [0.1, 0.15) is 89.2 Å². The van der Waals surface area contributed by atoms with Gasteiger partial charge in [0.25, 0.3) is 11.7 Å². The Kier molecular flexibility index (Phi) is 12.9. The molecule has 4 heterocycles. The minimum Gasteiger partial charge on any atom is -0.496 e.